The molecule has 0 fully saturated rings. The van der Waals surface area contributed by atoms with Gasteiger partial charge in [0.1, 0.15) is 11.4 Å². The summed E-state index contributed by atoms with van der Waals surface area (Å²) in [6.45, 7) is 19.2. The van der Waals surface area contributed by atoms with Gasteiger partial charge in [-0.3, -0.25) is 0 Å². The largest absolute Gasteiger partial charge is 0.514 e. The number of hydrogen-bond donors (Lipinski definition) is 0. The number of nitrogens with zero attached hydrogens (tertiary/aromatic N) is 1. The lowest BCUT2D eigenvalue weighted by Gasteiger charge is -2.31. The van der Waals surface area contributed by atoms with Crippen molar-refractivity contribution in [2.24, 2.45) is 0 Å². The Morgan fingerprint density at radius 3 is 1.62 bits per heavy atom. The lowest BCUT2D eigenvalue weighted by molar-refractivity contribution is 0.0199. The lowest BCUT2D eigenvalue weighted by atomic mass is 9.78. The zero-order chi connectivity index (χ0) is 20.5. The minimum atomic E-state index is -0.658. The number of hydrogen-bond acceptors (Lipinski definition) is 4. The summed E-state index contributed by atoms with van der Waals surface area (Å²) in [6, 6.07) is 4.30. The second-order valence-electron chi connectivity index (χ2n) is 10.3. The Balaban J connectivity index is 3.55. The molecule has 1 aromatic rings. The first kappa shape index (κ1) is 22.5. The van der Waals surface area contributed by atoms with E-state index in [0.717, 1.165) is 17.7 Å². The maximum Gasteiger partial charge on any atom is 0.514 e. The molecule has 1 aromatic carbocycles. The van der Waals surface area contributed by atoms with Gasteiger partial charge in [0.05, 0.1) is 0 Å². The van der Waals surface area contributed by atoms with E-state index >= 15 is 0 Å². The van der Waals surface area contributed by atoms with E-state index in [4.69, 9.17) is 9.47 Å². The normalized spacial score (nSPS) is 13.1. The summed E-state index contributed by atoms with van der Waals surface area (Å²) in [5.41, 5.74) is 2.33. The van der Waals surface area contributed by atoms with Crippen molar-refractivity contribution in [1.82, 2.24) is 4.90 Å². The van der Waals surface area contributed by atoms with E-state index in [1.54, 1.807) is 0 Å². The van der Waals surface area contributed by atoms with Crippen LogP contribution in [0.5, 0.6) is 5.75 Å². The van der Waals surface area contributed by atoms with Crippen LogP contribution in [0.4, 0.5) is 4.79 Å². The van der Waals surface area contributed by atoms with Crippen LogP contribution in [0, 0.1) is 0 Å². The molecule has 0 radical (unpaired) electrons. The molecule has 1 rings (SSSR count). The van der Waals surface area contributed by atoms with Gasteiger partial charge in [0.2, 0.25) is 0 Å². The van der Waals surface area contributed by atoms with E-state index in [2.05, 4.69) is 72.7 Å². The van der Waals surface area contributed by atoms with Crippen LogP contribution in [0.2, 0.25) is 0 Å². The summed E-state index contributed by atoms with van der Waals surface area (Å²) in [7, 11) is 4.11. The van der Waals surface area contributed by atoms with Crippen molar-refractivity contribution in [3.63, 3.8) is 0 Å². The molecule has 0 spiro atoms. The molecular weight excluding hydrogens is 326 g/mol. The Morgan fingerprint density at radius 1 is 0.885 bits per heavy atom. The van der Waals surface area contributed by atoms with E-state index in [-0.39, 0.29) is 10.8 Å². The van der Waals surface area contributed by atoms with Crippen LogP contribution in [0.25, 0.3) is 0 Å². The first-order valence-corrected chi connectivity index (χ1v) is 9.24. The molecule has 26 heavy (non-hydrogen) atoms. The van der Waals surface area contributed by atoms with Crippen LogP contribution in [0.1, 0.15) is 79.0 Å². The maximum atomic E-state index is 12.4. The fourth-order valence-corrected chi connectivity index (χ4v) is 2.72. The predicted octanol–water partition coefficient (Wildman–Crippen LogP) is 5.66. The van der Waals surface area contributed by atoms with Gasteiger partial charge in [-0.15, -0.1) is 0 Å². The highest BCUT2D eigenvalue weighted by Crippen LogP contribution is 2.41. The molecule has 0 heterocycles. The third-order valence-corrected chi connectivity index (χ3v) is 3.84. The van der Waals surface area contributed by atoms with Gasteiger partial charge in [-0.25, -0.2) is 4.79 Å². The van der Waals surface area contributed by atoms with Gasteiger partial charge in [-0.05, 0) is 51.3 Å². The predicted molar refractivity (Wildman–Crippen MR) is 108 cm³/mol. The molecule has 0 bridgehead atoms. The fourth-order valence-electron chi connectivity index (χ4n) is 2.72. The molecule has 0 atom stereocenters. The van der Waals surface area contributed by atoms with Gasteiger partial charge >= 0.3 is 6.16 Å². The molecule has 0 unspecified atom stereocenters. The topological polar surface area (TPSA) is 38.8 Å². The zero-order valence-corrected chi connectivity index (χ0v) is 18.5. The Hall–Kier alpha value is -1.55. The summed E-state index contributed by atoms with van der Waals surface area (Å²) < 4.78 is 11.2. The van der Waals surface area contributed by atoms with Crippen LogP contribution in [-0.2, 0) is 22.1 Å². The first-order valence-electron chi connectivity index (χ1n) is 9.24. The van der Waals surface area contributed by atoms with Crippen LogP contribution in [0.3, 0.4) is 0 Å². The Labute approximate surface area is 159 Å². The third kappa shape index (κ3) is 6.64. The third-order valence-electron chi connectivity index (χ3n) is 3.84. The second kappa shape index (κ2) is 7.59. The van der Waals surface area contributed by atoms with Crippen molar-refractivity contribution < 1.29 is 14.3 Å². The Morgan fingerprint density at radius 2 is 1.31 bits per heavy atom. The van der Waals surface area contributed by atoms with Gasteiger partial charge < -0.3 is 14.4 Å². The van der Waals surface area contributed by atoms with Crippen molar-refractivity contribution in [2.75, 3.05) is 14.1 Å². The molecule has 4 nitrogen and oxygen atoms in total. The van der Waals surface area contributed by atoms with Gasteiger partial charge in [-0.1, -0.05) is 53.7 Å². The fraction of sp³-hybridized carbons (Fsp3) is 0.682. The van der Waals surface area contributed by atoms with Gasteiger partial charge in [0, 0.05) is 17.7 Å². The average Bonchev–Trinajstić information content (AvgIpc) is 2.34. The highest BCUT2D eigenvalue weighted by atomic mass is 16.7. The van der Waals surface area contributed by atoms with Gasteiger partial charge in [0.15, 0.2) is 0 Å². The number of benzene rings is 1. The summed E-state index contributed by atoms with van der Waals surface area (Å²) in [5, 5.41) is 0. The molecule has 0 aromatic heterocycles. The quantitative estimate of drug-likeness (QED) is 0.513. The minimum Gasteiger partial charge on any atom is -0.428 e. The lowest BCUT2D eigenvalue weighted by Crippen LogP contribution is -2.28. The monoisotopic (exact) mass is 363 g/mol. The zero-order valence-electron chi connectivity index (χ0n) is 18.5. The Bertz CT molecular complexity index is 606. The molecule has 0 N–H and O–H groups in total. The molecule has 0 saturated carbocycles. The minimum absolute atomic E-state index is 0.167. The van der Waals surface area contributed by atoms with Crippen LogP contribution < -0.4 is 4.74 Å². The maximum absolute atomic E-state index is 12.4. The molecule has 0 aliphatic rings. The SMILES string of the molecule is CN(C)Cc1cc(C(C)(C)C)c(OC(=O)OC(C)(C)C)c(C(C)(C)C)c1. The summed E-state index contributed by atoms with van der Waals surface area (Å²) in [5.74, 6) is 0.627. The van der Waals surface area contributed by atoms with Crippen molar-refractivity contribution in [3.8, 4) is 5.75 Å². The van der Waals surface area contributed by atoms with Gasteiger partial charge in [0.25, 0.3) is 0 Å². The van der Waals surface area contributed by atoms with Crippen LogP contribution in [-0.4, -0.2) is 30.8 Å². The smallest absolute Gasteiger partial charge is 0.428 e. The number of carbonyl (C=O) groups is 1. The molecule has 4 heteroatoms. The van der Waals surface area contributed by atoms with Crippen LogP contribution in [0.15, 0.2) is 12.1 Å². The van der Waals surface area contributed by atoms with E-state index in [9.17, 15) is 4.79 Å². The molecule has 0 aliphatic heterocycles. The van der Waals surface area contributed by atoms with E-state index in [1.807, 2.05) is 20.8 Å². The van der Waals surface area contributed by atoms with Crippen LogP contribution >= 0.6 is 0 Å². The molecule has 0 aliphatic carbocycles. The van der Waals surface area contributed by atoms with E-state index < -0.39 is 11.8 Å². The molecule has 148 valence electrons. The molecule has 0 saturated heterocycles. The number of rotatable bonds is 3. The van der Waals surface area contributed by atoms with Crippen molar-refractivity contribution >= 4 is 6.16 Å². The summed E-state index contributed by atoms with van der Waals surface area (Å²) >= 11 is 0. The molecule has 0 amide bonds. The molecular formula is C22H37NO3. The van der Waals surface area contributed by atoms with E-state index in [1.165, 1.54) is 5.56 Å². The second-order valence-corrected chi connectivity index (χ2v) is 10.3. The number of carbonyl (C=O) groups excluding carboxylic acids is 1. The Kier molecular flexibility index (Phi) is 6.57. The van der Waals surface area contributed by atoms with Crippen molar-refractivity contribution in [1.29, 1.82) is 0 Å². The van der Waals surface area contributed by atoms with Crippen molar-refractivity contribution in [2.45, 2.75) is 85.3 Å². The standard InChI is InChI=1S/C22H37NO3/c1-20(2,3)16-12-15(14-23(10)11)13-17(21(4,5)6)18(16)25-19(24)26-22(7,8)9/h12-13H,14H2,1-11H3. The highest BCUT2D eigenvalue weighted by Gasteiger charge is 2.30. The first-order chi connectivity index (χ1) is 11.5. The van der Waals surface area contributed by atoms with Gasteiger partial charge in [-0.2, -0.15) is 0 Å². The average molecular weight is 364 g/mol. The summed E-state index contributed by atoms with van der Waals surface area (Å²) in [4.78, 5) is 14.5. The highest BCUT2D eigenvalue weighted by molar-refractivity contribution is 5.67. The summed E-state index contributed by atoms with van der Waals surface area (Å²) in [6.07, 6.45) is -0.658. The van der Waals surface area contributed by atoms with Crippen molar-refractivity contribution in [3.05, 3.63) is 28.8 Å². The number of ether oxygens (including phenoxy) is 2. The van der Waals surface area contributed by atoms with E-state index in [0.29, 0.717) is 5.75 Å².